The average Bonchev–Trinajstić information content (AvgIpc) is 2.33. The van der Waals surface area contributed by atoms with E-state index in [1.807, 2.05) is 42.5 Å². The van der Waals surface area contributed by atoms with Crippen molar-refractivity contribution in [1.82, 2.24) is 0 Å². The number of hydrogen-bond donors (Lipinski definition) is 0. The number of rotatable bonds is 5. The zero-order valence-electron chi connectivity index (χ0n) is 9.67. The van der Waals surface area contributed by atoms with Crippen LogP contribution in [0.4, 0.5) is 0 Å². The molecule has 0 unspecified atom stereocenters. The van der Waals surface area contributed by atoms with Gasteiger partial charge in [0.05, 0.1) is 12.4 Å². The summed E-state index contributed by atoms with van der Waals surface area (Å²) in [6.45, 7) is 0.338. The molecule has 0 N–H and O–H groups in total. The Labute approximate surface area is 111 Å². The monoisotopic (exact) mass is 284 g/mol. The smallest absolute Gasteiger partial charge is 0.232 e. The van der Waals surface area contributed by atoms with E-state index in [9.17, 15) is 8.42 Å². The highest BCUT2D eigenvalue weighted by Gasteiger charge is 2.04. The first kappa shape index (κ1) is 13.2. The molecule has 0 atom stereocenters. The van der Waals surface area contributed by atoms with Gasteiger partial charge in [0.25, 0.3) is 0 Å². The van der Waals surface area contributed by atoms with E-state index in [1.165, 1.54) is 0 Å². The van der Waals surface area contributed by atoms with Crippen molar-refractivity contribution in [3.05, 3.63) is 42.5 Å². The maximum absolute atomic E-state index is 10.7. The van der Waals surface area contributed by atoms with Gasteiger partial charge in [-0.05, 0) is 29.3 Å². The van der Waals surface area contributed by atoms with E-state index >= 15 is 0 Å². The van der Waals surface area contributed by atoms with Crippen LogP contribution in [0, 0.1) is 0 Å². The maximum atomic E-state index is 10.7. The van der Waals surface area contributed by atoms with E-state index in [0.29, 0.717) is 13.0 Å². The largest absolute Gasteiger partial charge is 0.494 e. The van der Waals surface area contributed by atoms with E-state index in [2.05, 4.69) is 0 Å². The first-order valence-corrected chi connectivity index (χ1v) is 8.06. The molecule has 2 rings (SSSR count). The van der Waals surface area contributed by atoms with E-state index in [4.69, 9.17) is 15.4 Å². The summed E-state index contributed by atoms with van der Waals surface area (Å²) in [6.07, 6.45) is 0.388. The molecule has 0 aliphatic rings. The number of halogens is 1. The predicted octanol–water partition coefficient (Wildman–Crippen LogP) is 3.18. The average molecular weight is 285 g/mol. The van der Waals surface area contributed by atoms with Crippen LogP contribution in [-0.2, 0) is 9.05 Å². The van der Waals surface area contributed by atoms with Gasteiger partial charge in [0.2, 0.25) is 9.05 Å². The summed E-state index contributed by atoms with van der Waals surface area (Å²) >= 11 is 0. The highest BCUT2D eigenvalue weighted by Crippen LogP contribution is 2.20. The van der Waals surface area contributed by atoms with Crippen molar-refractivity contribution in [1.29, 1.82) is 0 Å². The summed E-state index contributed by atoms with van der Waals surface area (Å²) in [5, 5.41) is 2.24. The van der Waals surface area contributed by atoms with Crippen LogP contribution in [-0.4, -0.2) is 20.8 Å². The summed E-state index contributed by atoms with van der Waals surface area (Å²) in [5.41, 5.74) is 0. The zero-order valence-corrected chi connectivity index (χ0v) is 11.2. The molecule has 0 spiro atoms. The molecule has 0 fully saturated rings. The third-order valence-corrected chi connectivity index (χ3v) is 3.76. The topological polar surface area (TPSA) is 43.4 Å². The molecule has 0 bridgehead atoms. The van der Waals surface area contributed by atoms with E-state index in [0.717, 1.165) is 16.5 Å². The first-order chi connectivity index (χ1) is 8.54. The molecule has 0 heterocycles. The van der Waals surface area contributed by atoms with Gasteiger partial charge in [0.15, 0.2) is 0 Å². The molecule has 5 heteroatoms. The molecule has 0 amide bonds. The third kappa shape index (κ3) is 3.89. The van der Waals surface area contributed by atoms with Crippen molar-refractivity contribution in [2.45, 2.75) is 6.42 Å². The Balaban J connectivity index is 1.96. The zero-order chi connectivity index (χ0) is 13.0. The Kier molecular flexibility index (Phi) is 4.09. The van der Waals surface area contributed by atoms with Crippen LogP contribution >= 0.6 is 10.7 Å². The minimum absolute atomic E-state index is 0.0673. The number of hydrogen-bond acceptors (Lipinski definition) is 3. The molecular weight excluding hydrogens is 272 g/mol. The summed E-state index contributed by atoms with van der Waals surface area (Å²) in [7, 11) is 1.69. The Morgan fingerprint density at radius 3 is 2.50 bits per heavy atom. The summed E-state index contributed by atoms with van der Waals surface area (Å²) < 4.78 is 26.9. The number of ether oxygens (including phenoxy) is 1. The van der Waals surface area contributed by atoms with Crippen molar-refractivity contribution in [2.24, 2.45) is 0 Å². The van der Waals surface area contributed by atoms with E-state index < -0.39 is 9.05 Å². The predicted molar refractivity (Wildman–Crippen MR) is 73.7 cm³/mol. The standard InChI is InChI=1S/C13H13ClO3S/c14-18(15,16)9-3-8-17-13-7-6-11-4-1-2-5-12(11)10-13/h1-2,4-7,10H,3,8-9H2. The van der Waals surface area contributed by atoms with Gasteiger partial charge >= 0.3 is 0 Å². The van der Waals surface area contributed by atoms with Crippen molar-refractivity contribution in [3.63, 3.8) is 0 Å². The molecule has 18 heavy (non-hydrogen) atoms. The quantitative estimate of drug-likeness (QED) is 0.626. The lowest BCUT2D eigenvalue weighted by Crippen LogP contribution is -2.04. The fourth-order valence-electron chi connectivity index (χ4n) is 1.68. The molecule has 0 radical (unpaired) electrons. The Bertz CT molecular complexity index is 637. The molecule has 2 aromatic rings. The minimum Gasteiger partial charge on any atom is -0.494 e. The molecule has 0 saturated carbocycles. The van der Waals surface area contributed by atoms with Gasteiger partial charge in [0, 0.05) is 10.7 Å². The normalized spacial score (nSPS) is 11.6. The highest BCUT2D eigenvalue weighted by atomic mass is 35.7. The van der Waals surface area contributed by atoms with Gasteiger partial charge < -0.3 is 4.74 Å². The molecule has 0 aliphatic carbocycles. The molecule has 3 nitrogen and oxygen atoms in total. The molecule has 2 aromatic carbocycles. The summed E-state index contributed by atoms with van der Waals surface area (Å²) in [4.78, 5) is 0. The second kappa shape index (κ2) is 5.59. The van der Waals surface area contributed by atoms with Crippen molar-refractivity contribution in [3.8, 4) is 5.75 Å². The van der Waals surface area contributed by atoms with Crippen LogP contribution in [0.25, 0.3) is 10.8 Å². The summed E-state index contributed by atoms with van der Waals surface area (Å²) in [5.74, 6) is 0.669. The van der Waals surface area contributed by atoms with Gasteiger partial charge in [-0.25, -0.2) is 8.42 Å². The van der Waals surface area contributed by atoms with Crippen molar-refractivity contribution in [2.75, 3.05) is 12.4 Å². The van der Waals surface area contributed by atoms with Gasteiger partial charge in [-0.3, -0.25) is 0 Å². The molecule has 0 aromatic heterocycles. The van der Waals surface area contributed by atoms with Crippen LogP contribution in [0.3, 0.4) is 0 Å². The Morgan fingerprint density at radius 2 is 1.78 bits per heavy atom. The number of benzene rings is 2. The molecule has 0 saturated heterocycles. The fourth-order valence-corrected chi connectivity index (χ4v) is 2.47. The third-order valence-electron chi connectivity index (χ3n) is 2.52. The molecular formula is C13H13ClO3S. The van der Waals surface area contributed by atoms with Crippen LogP contribution < -0.4 is 4.74 Å². The minimum atomic E-state index is -3.42. The molecule has 0 aliphatic heterocycles. The number of fused-ring (bicyclic) bond motifs is 1. The van der Waals surface area contributed by atoms with E-state index in [-0.39, 0.29) is 5.75 Å². The first-order valence-electron chi connectivity index (χ1n) is 5.58. The van der Waals surface area contributed by atoms with Crippen LogP contribution in [0.1, 0.15) is 6.42 Å². The van der Waals surface area contributed by atoms with Gasteiger partial charge in [-0.15, -0.1) is 0 Å². The lowest BCUT2D eigenvalue weighted by molar-refractivity contribution is 0.318. The SMILES string of the molecule is O=S(=O)(Cl)CCCOc1ccc2ccccc2c1. The van der Waals surface area contributed by atoms with Crippen molar-refractivity contribution < 1.29 is 13.2 Å². The highest BCUT2D eigenvalue weighted by molar-refractivity contribution is 8.13. The Hall–Kier alpha value is -1.26. The molecule has 96 valence electrons. The van der Waals surface area contributed by atoms with Crippen molar-refractivity contribution >= 4 is 30.5 Å². The fraction of sp³-hybridized carbons (Fsp3) is 0.231. The second-order valence-corrected chi connectivity index (χ2v) is 6.85. The Morgan fingerprint density at radius 1 is 1.06 bits per heavy atom. The lowest BCUT2D eigenvalue weighted by Gasteiger charge is -2.06. The van der Waals surface area contributed by atoms with Gasteiger partial charge in [-0.1, -0.05) is 30.3 Å². The second-order valence-electron chi connectivity index (χ2n) is 3.95. The maximum Gasteiger partial charge on any atom is 0.232 e. The summed E-state index contributed by atoms with van der Waals surface area (Å²) in [6, 6.07) is 13.8. The van der Waals surface area contributed by atoms with Crippen LogP contribution in [0.2, 0.25) is 0 Å². The van der Waals surface area contributed by atoms with E-state index in [1.54, 1.807) is 0 Å². The van der Waals surface area contributed by atoms with Gasteiger partial charge in [-0.2, -0.15) is 0 Å². The lowest BCUT2D eigenvalue weighted by atomic mass is 10.1. The van der Waals surface area contributed by atoms with Crippen LogP contribution in [0.5, 0.6) is 5.75 Å². The van der Waals surface area contributed by atoms with Gasteiger partial charge in [0.1, 0.15) is 5.75 Å². The van der Waals surface area contributed by atoms with Crippen LogP contribution in [0.15, 0.2) is 42.5 Å².